The zero-order valence-corrected chi connectivity index (χ0v) is 8.26. The minimum Gasteiger partial charge on any atom is -0.385 e. The fourth-order valence-corrected chi connectivity index (χ4v) is 1.61. The summed E-state index contributed by atoms with van der Waals surface area (Å²) in [6.07, 6.45) is 3.06. The molecule has 1 aliphatic heterocycles. The molecule has 0 spiro atoms. The molecule has 5 nitrogen and oxygen atoms in total. The van der Waals surface area contributed by atoms with Crippen LogP contribution in [-0.2, 0) is 4.74 Å². The number of hydrogen-bond acceptors (Lipinski definition) is 4. The molecule has 2 rings (SSSR count). The van der Waals surface area contributed by atoms with Gasteiger partial charge >= 0.3 is 0 Å². The number of aliphatic hydroxyl groups excluding tert-OH is 1. The summed E-state index contributed by atoms with van der Waals surface area (Å²) in [6.45, 7) is 3.24. The SMILES string of the molecule is CC(O)c1ncn(C2CCOCC2)n1. The summed E-state index contributed by atoms with van der Waals surface area (Å²) in [7, 11) is 0. The quantitative estimate of drug-likeness (QED) is 0.757. The van der Waals surface area contributed by atoms with E-state index in [9.17, 15) is 5.11 Å². The molecule has 5 heteroatoms. The Labute approximate surface area is 82.7 Å². The highest BCUT2D eigenvalue weighted by Gasteiger charge is 2.17. The van der Waals surface area contributed by atoms with Crippen LogP contribution in [0.5, 0.6) is 0 Å². The maximum atomic E-state index is 9.27. The standard InChI is InChI=1S/C9H15N3O2/c1-7(13)9-10-6-12(11-9)8-2-4-14-5-3-8/h6-8,13H,2-5H2,1H3. The van der Waals surface area contributed by atoms with Crippen LogP contribution in [0, 0.1) is 0 Å². The number of aliphatic hydroxyl groups is 1. The highest BCUT2D eigenvalue weighted by Crippen LogP contribution is 2.19. The van der Waals surface area contributed by atoms with Crippen LogP contribution >= 0.6 is 0 Å². The van der Waals surface area contributed by atoms with Crippen molar-refractivity contribution in [1.82, 2.24) is 14.8 Å². The first-order valence-electron chi connectivity index (χ1n) is 4.94. The lowest BCUT2D eigenvalue weighted by Gasteiger charge is -2.21. The molecule has 0 saturated carbocycles. The Morgan fingerprint density at radius 1 is 1.57 bits per heavy atom. The van der Waals surface area contributed by atoms with Crippen LogP contribution in [0.2, 0.25) is 0 Å². The van der Waals surface area contributed by atoms with Gasteiger partial charge in [-0.3, -0.25) is 0 Å². The van der Waals surface area contributed by atoms with Crippen LogP contribution in [0.15, 0.2) is 6.33 Å². The zero-order chi connectivity index (χ0) is 9.97. The normalized spacial score (nSPS) is 21.0. The molecule has 0 radical (unpaired) electrons. The van der Waals surface area contributed by atoms with Crippen molar-refractivity contribution < 1.29 is 9.84 Å². The van der Waals surface area contributed by atoms with E-state index in [1.165, 1.54) is 0 Å². The summed E-state index contributed by atoms with van der Waals surface area (Å²) >= 11 is 0. The van der Waals surface area contributed by atoms with Crippen LogP contribution in [0.1, 0.15) is 37.7 Å². The van der Waals surface area contributed by atoms with Crippen molar-refractivity contribution in [3.05, 3.63) is 12.2 Å². The van der Waals surface area contributed by atoms with Crippen molar-refractivity contribution in [2.75, 3.05) is 13.2 Å². The van der Waals surface area contributed by atoms with E-state index in [2.05, 4.69) is 10.1 Å². The molecule has 1 aliphatic rings. The fourth-order valence-electron chi connectivity index (χ4n) is 1.61. The Kier molecular flexibility index (Phi) is 2.79. The van der Waals surface area contributed by atoms with Crippen molar-refractivity contribution in [3.63, 3.8) is 0 Å². The summed E-state index contributed by atoms with van der Waals surface area (Å²) < 4.78 is 7.10. The molecule has 1 atom stereocenters. The average molecular weight is 197 g/mol. The van der Waals surface area contributed by atoms with E-state index in [1.54, 1.807) is 13.3 Å². The molecule has 1 saturated heterocycles. The summed E-state index contributed by atoms with van der Waals surface area (Å²) in [5.74, 6) is 0.497. The van der Waals surface area contributed by atoms with Crippen molar-refractivity contribution in [2.24, 2.45) is 0 Å². The summed E-state index contributed by atoms with van der Waals surface area (Å²) in [5.41, 5.74) is 0. The van der Waals surface area contributed by atoms with Gasteiger partial charge in [-0.25, -0.2) is 9.67 Å². The monoisotopic (exact) mass is 197 g/mol. The van der Waals surface area contributed by atoms with Crippen molar-refractivity contribution in [2.45, 2.75) is 31.9 Å². The summed E-state index contributed by atoms with van der Waals surface area (Å²) in [4.78, 5) is 4.05. The van der Waals surface area contributed by atoms with Crippen LogP contribution < -0.4 is 0 Å². The Morgan fingerprint density at radius 2 is 2.29 bits per heavy atom. The predicted molar refractivity (Wildman–Crippen MR) is 49.7 cm³/mol. The number of hydrogen-bond donors (Lipinski definition) is 1. The molecule has 1 N–H and O–H groups in total. The van der Waals surface area contributed by atoms with E-state index in [0.29, 0.717) is 11.9 Å². The highest BCUT2D eigenvalue weighted by atomic mass is 16.5. The van der Waals surface area contributed by atoms with E-state index in [4.69, 9.17) is 4.74 Å². The Balaban J connectivity index is 2.07. The summed E-state index contributed by atoms with van der Waals surface area (Å²) in [6, 6.07) is 0.378. The average Bonchev–Trinajstić information content (AvgIpc) is 2.68. The van der Waals surface area contributed by atoms with Gasteiger partial charge in [0.15, 0.2) is 5.82 Å². The molecule has 0 aromatic carbocycles. The third-order valence-corrected chi connectivity index (χ3v) is 2.46. The van der Waals surface area contributed by atoms with Crippen molar-refractivity contribution in [3.8, 4) is 0 Å². The maximum Gasteiger partial charge on any atom is 0.178 e. The zero-order valence-electron chi connectivity index (χ0n) is 8.26. The Hall–Kier alpha value is -0.940. The fraction of sp³-hybridized carbons (Fsp3) is 0.778. The first kappa shape index (κ1) is 9.61. The van der Waals surface area contributed by atoms with E-state index >= 15 is 0 Å². The lowest BCUT2D eigenvalue weighted by molar-refractivity contribution is 0.0657. The van der Waals surface area contributed by atoms with Crippen LogP contribution in [-0.4, -0.2) is 33.1 Å². The van der Waals surface area contributed by atoms with E-state index in [1.807, 2.05) is 4.68 Å². The van der Waals surface area contributed by atoms with Crippen LogP contribution in [0.25, 0.3) is 0 Å². The molecule has 1 fully saturated rings. The molecule has 1 aromatic heterocycles. The molecule has 0 amide bonds. The van der Waals surface area contributed by atoms with Gasteiger partial charge in [0, 0.05) is 13.2 Å². The number of aromatic nitrogens is 3. The Bertz CT molecular complexity index is 292. The molecule has 1 unspecified atom stereocenters. The molecular weight excluding hydrogens is 182 g/mol. The minimum atomic E-state index is -0.587. The van der Waals surface area contributed by atoms with Gasteiger partial charge in [0.25, 0.3) is 0 Å². The molecule has 78 valence electrons. The lowest BCUT2D eigenvalue weighted by atomic mass is 10.1. The third-order valence-electron chi connectivity index (χ3n) is 2.46. The summed E-state index contributed by atoms with van der Waals surface area (Å²) in [5, 5.41) is 13.5. The largest absolute Gasteiger partial charge is 0.385 e. The molecule has 2 heterocycles. The molecule has 1 aromatic rings. The number of rotatable bonds is 2. The lowest BCUT2D eigenvalue weighted by Crippen LogP contribution is -2.20. The second-order valence-corrected chi connectivity index (χ2v) is 3.60. The number of nitrogens with zero attached hydrogens (tertiary/aromatic N) is 3. The molecule has 0 bridgehead atoms. The van der Waals surface area contributed by atoms with Gasteiger partial charge in [-0.15, -0.1) is 0 Å². The Morgan fingerprint density at radius 3 is 2.86 bits per heavy atom. The van der Waals surface area contributed by atoms with Gasteiger partial charge in [-0.05, 0) is 19.8 Å². The first-order valence-corrected chi connectivity index (χ1v) is 4.94. The molecule has 14 heavy (non-hydrogen) atoms. The first-order chi connectivity index (χ1) is 6.77. The van der Waals surface area contributed by atoms with Crippen LogP contribution in [0.3, 0.4) is 0 Å². The molecule has 0 aliphatic carbocycles. The smallest absolute Gasteiger partial charge is 0.178 e. The van der Waals surface area contributed by atoms with Crippen molar-refractivity contribution >= 4 is 0 Å². The van der Waals surface area contributed by atoms with Gasteiger partial charge < -0.3 is 9.84 Å². The van der Waals surface area contributed by atoms with E-state index < -0.39 is 6.10 Å². The minimum absolute atomic E-state index is 0.378. The van der Waals surface area contributed by atoms with E-state index in [-0.39, 0.29) is 0 Å². The number of ether oxygens (including phenoxy) is 1. The maximum absolute atomic E-state index is 9.27. The van der Waals surface area contributed by atoms with Gasteiger partial charge in [0.2, 0.25) is 0 Å². The van der Waals surface area contributed by atoms with Crippen LogP contribution in [0.4, 0.5) is 0 Å². The molecular formula is C9H15N3O2. The highest BCUT2D eigenvalue weighted by molar-refractivity contribution is 4.87. The van der Waals surface area contributed by atoms with Gasteiger partial charge in [-0.1, -0.05) is 0 Å². The van der Waals surface area contributed by atoms with Gasteiger partial charge in [0.05, 0.1) is 6.04 Å². The second kappa shape index (κ2) is 4.06. The predicted octanol–water partition coefficient (Wildman–Crippen LogP) is 0.683. The van der Waals surface area contributed by atoms with Crippen molar-refractivity contribution in [1.29, 1.82) is 0 Å². The second-order valence-electron chi connectivity index (χ2n) is 3.60. The van der Waals surface area contributed by atoms with Gasteiger partial charge in [-0.2, -0.15) is 5.10 Å². The topological polar surface area (TPSA) is 60.2 Å². The van der Waals surface area contributed by atoms with E-state index in [0.717, 1.165) is 26.1 Å². The third kappa shape index (κ3) is 1.93. The van der Waals surface area contributed by atoms with Gasteiger partial charge in [0.1, 0.15) is 12.4 Å².